The number of likely N-dealkylation sites (N-methyl/N-ethyl adjacent to an activating group) is 1. The molecule has 1 aliphatic heterocycles. The Balaban J connectivity index is 1.72. The third-order valence-corrected chi connectivity index (χ3v) is 5.64. The van der Waals surface area contributed by atoms with E-state index in [4.69, 9.17) is 9.72 Å². The van der Waals surface area contributed by atoms with Crippen molar-refractivity contribution in [2.75, 3.05) is 20.2 Å². The Labute approximate surface area is 136 Å². The lowest BCUT2D eigenvalue weighted by atomic mass is 9.90. The maximum Gasteiger partial charge on any atom is 0.252 e. The first-order chi connectivity index (χ1) is 10.6. The van der Waals surface area contributed by atoms with E-state index >= 15 is 0 Å². The van der Waals surface area contributed by atoms with Gasteiger partial charge in [0, 0.05) is 24.4 Å². The molecule has 2 heterocycles. The molecule has 3 rings (SSSR count). The Morgan fingerprint density at radius 3 is 2.95 bits per heavy atom. The summed E-state index contributed by atoms with van der Waals surface area (Å²) in [7, 11) is 1.91. The molecule has 4 nitrogen and oxygen atoms in total. The van der Waals surface area contributed by atoms with Crippen molar-refractivity contribution in [3.63, 3.8) is 0 Å². The van der Waals surface area contributed by atoms with Crippen LogP contribution < -0.4 is 0 Å². The molecule has 1 aromatic heterocycles. The van der Waals surface area contributed by atoms with Crippen LogP contribution in [0.15, 0.2) is 11.3 Å². The maximum absolute atomic E-state index is 12.7. The number of aromatic nitrogens is 1. The van der Waals surface area contributed by atoms with Gasteiger partial charge < -0.3 is 9.64 Å². The number of hydrogen-bond acceptors (Lipinski definition) is 4. The van der Waals surface area contributed by atoms with Crippen LogP contribution >= 0.6 is 11.3 Å². The van der Waals surface area contributed by atoms with Gasteiger partial charge in [0.15, 0.2) is 0 Å². The molecule has 1 amide bonds. The number of nitrogens with zero attached hydrogens (tertiary/aromatic N) is 2. The van der Waals surface area contributed by atoms with Crippen LogP contribution in [0.1, 0.15) is 54.1 Å². The highest BCUT2D eigenvalue weighted by Crippen LogP contribution is 2.35. The molecule has 22 heavy (non-hydrogen) atoms. The van der Waals surface area contributed by atoms with Crippen LogP contribution in [-0.2, 0) is 16.0 Å². The van der Waals surface area contributed by atoms with Gasteiger partial charge in [-0.2, -0.15) is 0 Å². The molecule has 5 heteroatoms. The molecular formula is C17H24N2O2S. The van der Waals surface area contributed by atoms with Crippen molar-refractivity contribution in [3.05, 3.63) is 26.9 Å². The fraction of sp³-hybridized carbons (Fsp3) is 0.647. The van der Waals surface area contributed by atoms with Crippen LogP contribution in [-0.4, -0.2) is 36.0 Å². The molecule has 1 unspecified atom stereocenters. The fourth-order valence-electron chi connectivity index (χ4n) is 3.45. The third kappa shape index (κ3) is 3.05. The molecule has 2 aliphatic rings. The SMILES string of the molecule is CC1=C(C(=O)N(C)CC2CCCc3sc(C)nc32)CCCO1. The number of aryl methyl sites for hydroxylation is 2. The summed E-state index contributed by atoms with van der Waals surface area (Å²) in [6, 6.07) is 0. The summed E-state index contributed by atoms with van der Waals surface area (Å²) >= 11 is 1.81. The summed E-state index contributed by atoms with van der Waals surface area (Å²) in [6.07, 6.45) is 5.24. The van der Waals surface area contributed by atoms with Crippen molar-refractivity contribution in [1.82, 2.24) is 9.88 Å². The number of allylic oxidation sites excluding steroid dienone is 1. The van der Waals surface area contributed by atoms with Crippen LogP contribution in [0.4, 0.5) is 0 Å². The second kappa shape index (κ2) is 6.41. The Morgan fingerprint density at radius 1 is 1.36 bits per heavy atom. The van der Waals surface area contributed by atoms with E-state index in [2.05, 4.69) is 6.92 Å². The number of carbonyl (C=O) groups excluding carboxylic acids is 1. The first-order valence-electron chi connectivity index (χ1n) is 8.10. The second-order valence-electron chi connectivity index (χ2n) is 6.30. The van der Waals surface area contributed by atoms with Gasteiger partial charge >= 0.3 is 0 Å². The Morgan fingerprint density at radius 2 is 2.18 bits per heavy atom. The molecule has 1 aliphatic carbocycles. The van der Waals surface area contributed by atoms with Crippen molar-refractivity contribution < 1.29 is 9.53 Å². The zero-order chi connectivity index (χ0) is 15.7. The summed E-state index contributed by atoms with van der Waals surface area (Å²) in [5.74, 6) is 1.31. The maximum atomic E-state index is 12.7. The Bertz CT molecular complexity index is 606. The lowest BCUT2D eigenvalue weighted by Gasteiger charge is -2.28. The first-order valence-corrected chi connectivity index (χ1v) is 8.92. The van der Waals surface area contributed by atoms with E-state index < -0.39 is 0 Å². The van der Waals surface area contributed by atoms with Gasteiger partial charge in [0.25, 0.3) is 5.91 Å². The summed E-state index contributed by atoms with van der Waals surface area (Å²) in [5, 5.41) is 1.14. The fourth-order valence-corrected chi connectivity index (χ4v) is 4.51. The molecular weight excluding hydrogens is 296 g/mol. The summed E-state index contributed by atoms with van der Waals surface area (Å²) in [4.78, 5) is 20.7. The zero-order valence-corrected chi connectivity index (χ0v) is 14.5. The predicted molar refractivity (Wildman–Crippen MR) is 88.1 cm³/mol. The van der Waals surface area contributed by atoms with Crippen LogP contribution in [0, 0.1) is 6.92 Å². The highest BCUT2D eigenvalue weighted by Gasteiger charge is 2.28. The highest BCUT2D eigenvalue weighted by atomic mass is 32.1. The normalized spacial score (nSPS) is 21.3. The quantitative estimate of drug-likeness (QED) is 0.857. The van der Waals surface area contributed by atoms with Crippen LogP contribution in [0.5, 0.6) is 0 Å². The third-order valence-electron chi connectivity index (χ3n) is 4.59. The van der Waals surface area contributed by atoms with Gasteiger partial charge in [-0.25, -0.2) is 4.98 Å². The molecule has 0 spiro atoms. The summed E-state index contributed by atoms with van der Waals surface area (Å²) < 4.78 is 5.53. The number of thiazole rings is 1. The van der Waals surface area contributed by atoms with Gasteiger partial charge in [-0.15, -0.1) is 11.3 Å². The van der Waals surface area contributed by atoms with E-state index in [-0.39, 0.29) is 5.91 Å². The van der Waals surface area contributed by atoms with E-state index in [1.54, 1.807) is 0 Å². The topological polar surface area (TPSA) is 42.4 Å². The number of fused-ring (bicyclic) bond motifs is 1. The van der Waals surface area contributed by atoms with Gasteiger partial charge in [0.05, 0.1) is 22.9 Å². The lowest BCUT2D eigenvalue weighted by Crippen LogP contribution is -2.34. The van der Waals surface area contributed by atoms with Crippen molar-refractivity contribution in [2.24, 2.45) is 0 Å². The van der Waals surface area contributed by atoms with Gasteiger partial charge in [-0.1, -0.05) is 0 Å². The zero-order valence-electron chi connectivity index (χ0n) is 13.6. The molecule has 0 N–H and O–H groups in total. The molecule has 0 radical (unpaired) electrons. The number of hydrogen-bond donors (Lipinski definition) is 0. The van der Waals surface area contributed by atoms with Crippen molar-refractivity contribution >= 4 is 17.2 Å². The molecule has 0 bridgehead atoms. The van der Waals surface area contributed by atoms with Crippen LogP contribution in [0.25, 0.3) is 0 Å². The molecule has 1 aromatic rings. The van der Waals surface area contributed by atoms with Crippen LogP contribution in [0.3, 0.4) is 0 Å². The first kappa shape index (κ1) is 15.5. The Hall–Kier alpha value is -1.36. The summed E-state index contributed by atoms with van der Waals surface area (Å²) in [6.45, 7) is 5.47. The number of amides is 1. The predicted octanol–water partition coefficient (Wildman–Crippen LogP) is 3.41. The monoisotopic (exact) mass is 320 g/mol. The van der Waals surface area contributed by atoms with Crippen molar-refractivity contribution in [2.45, 2.75) is 51.9 Å². The smallest absolute Gasteiger partial charge is 0.252 e. The second-order valence-corrected chi connectivity index (χ2v) is 7.59. The van der Waals surface area contributed by atoms with E-state index in [0.717, 1.165) is 55.2 Å². The van der Waals surface area contributed by atoms with Crippen molar-refractivity contribution in [3.8, 4) is 0 Å². The molecule has 120 valence electrons. The van der Waals surface area contributed by atoms with Crippen LogP contribution in [0.2, 0.25) is 0 Å². The van der Waals surface area contributed by atoms with Gasteiger partial charge in [0.1, 0.15) is 5.76 Å². The van der Waals surface area contributed by atoms with Gasteiger partial charge in [-0.05, 0) is 46.0 Å². The minimum absolute atomic E-state index is 0.122. The molecule has 0 saturated carbocycles. The summed E-state index contributed by atoms with van der Waals surface area (Å²) in [5.41, 5.74) is 2.08. The van der Waals surface area contributed by atoms with E-state index in [1.807, 2.05) is 30.2 Å². The lowest BCUT2D eigenvalue weighted by molar-refractivity contribution is -0.126. The van der Waals surface area contributed by atoms with Gasteiger partial charge in [0.2, 0.25) is 0 Å². The number of rotatable bonds is 3. The number of carbonyl (C=O) groups is 1. The Kier molecular flexibility index (Phi) is 4.52. The minimum atomic E-state index is 0.122. The van der Waals surface area contributed by atoms with E-state index in [9.17, 15) is 4.79 Å². The minimum Gasteiger partial charge on any atom is -0.498 e. The van der Waals surface area contributed by atoms with E-state index in [1.165, 1.54) is 17.0 Å². The molecule has 1 atom stereocenters. The number of ether oxygens (including phenoxy) is 1. The standard InChI is InChI=1S/C17H24N2O2S/c1-11-14(7-5-9-21-11)17(20)19(3)10-13-6-4-8-15-16(13)18-12(2)22-15/h13H,4-10H2,1-3H3. The average molecular weight is 320 g/mol. The average Bonchev–Trinajstić information content (AvgIpc) is 2.88. The van der Waals surface area contributed by atoms with Crippen molar-refractivity contribution in [1.29, 1.82) is 0 Å². The highest BCUT2D eigenvalue weighted by molar-refractivity contribution is 7.11. The van der Waals surface area contributed by atoms with Gasteiger partial charge in [-0.3, -0.25) is 4.79 Å². The molecule has 0 fully saturated rings. The molecule has 0 saturated heterocycles. The molecule has 0 aromatic carbocycles. The largest absolute Gasteiger partial charge is 0.498 e. The van der Waals surface area contributed by atoms with E-state index in [0.29, 0.717) is 5.92 Å².